The number of carbonyl (C=O) groups excluding carboxylic acids is 3. The number of amides is 1. The zero-order valence-electron chi connectivity index (χ0n) is 26.0. The SMILES string of the molecule is COCCNC(=O)[C@H](CCC(=O)O)CC(=O)c1ccc(C(=O)C(CCc2ccc(C)cc2)CS(=O)(=O)c2ccc(C)cc2)cc1. The standard InChI is InChI=1S/C35H41NO8S/c1-24-4-8-26(9-5-24)10-11-30(23-45(42,43)31-17-6-25(2)7-18-31)34(40)28-14-12-27(13-15-28)32(37)22-29(16-19-33(38)39)35(41)36-20-21-44-3/h4-9,12-15,17-18,29-30H,10-11,16,19-23H2,1-3H3,(H,36,41)(H,38,39)/t29-,30?/m1/s1. The summed E-state index contributed by atoms with van der Waals surface area (Å²) in [6, 6.07) is 20.4. The number of methoxy groups -OCH3 is 1. The highest BCUT2D eigenvalue weighted by atomic mass is 32.2. The highest BCUT2D eigenvalue weighted by molar-refractivity contribution is 7.91. The highest BCUT2D eigenvalue weighted by Crippen LogP contribution is 2.24. The van der Waals surface area contributed by atoms with Gasteiger partial charge in [0.05, 0.1) is 17.3 Å². The Morgan fingerprint density at radius 3 is 1.96 bits per heavy atom. The Kier molecular flexibility index (Phi) is 13.2. The molecule has 0 saturated carbocycles. The average molecular weight is 636 g/mol. The lowest BCUT2D eigenvalue weighted by atomic mass is 9.90. The third kappa shape index (κ3) is 11.1. The number of ketones is 2. The van der Waals surface area contributed by atoms with Crippen molar-refractivity contribution >= 4 is 33.3 Å². The summed E-state index contributed by atoms with van der Waals surface area (Å²) in [5.41, 5.74) is 3.56. The van der Waals surface area contributed by atoms with E-state index in [0.717, 1.165) is 16.7 Å². The number of hydrogen-bond donors (Lipinski definition) is 2. The maximum Gasteiger partial charge on any atom is 0.303 e. The van der Waals surface area contributed by atoms with Crippen LogP contribution < -0.4 is 5.32 Å². The summed E-state index contributed by atoms with van der Waals surface area (Å²) >= 11 is 0. The fourth-order valence-corrected chi connectivity index (χ4v) is 6.53. The summed E-state index contributed by atoms with van der Waals surface area (Å²) in [6.45, 7) is 4.35. The van der Waals surface area contributed by atoms with Crippen LogP contribution >= 0.6 is 0 Å². The van der Waals surface area contributed by atoms with Gasteiger partial charge in [0.2, 0.25) is 5.91 Å². The van der Waals surface area contributed by atoms with Crippen molar-refractivity contribution in [2.75, 3.05) is 26.0 Å². The number of rotatable bonds is 18. The molecule has 3 aromatic carbocycles. The van der Waals surface area contributed by atoms with Crippen molar-refractivity contribution in [3.63, 3.8) is 0 Å². The van der Waals surface area contributed by atoms with Gasteiger partial charge in [0.1, 0.15) is 0 Å². The summed E-state index contributed by atoms with van der Waals surface area (Å²) in [4.78, 5) is 50.7. The molecule has 2 N–H and O–H groups in total. The number of sulfone groups is 1. The molecule has 240 valence electrons. The third-order valence-electron chi connectivity index (χ3n) is 7.68. The van der Waals surface area contributed by atoms with Crippen LogP contribution in [0.25, 0.3) is 0 Å². The molecule has 0 aliphatic carbocycles. The molecule has 45 heavy (non-hydrogen) atoms. The number of benzene rings is 3. The molecule has 0 aliphatic rings. The zero-order chi connectivity index (χ0) is 33.0. The number of hydrogen-bond acceptors (Lipinski definition) is 7. The second-order valence-electron chi connectivity index (χ2n) is 11.3. The molecule has 0 aliphatic heterocycles. The number of nitrogens with one attached hydrogen (secondary N) is 1. The maximum absolute atomic E-state index is 13.7. The molecule has 0 saturated heterocycles. The summed E-state index contributed by atoms with van der Waals surface area (Å²) in [7, 11) is -2.28. The van der Waals surface area contributed by atoms with E-state index in [0.29, 0.717) is 12.8 Å². The summed E-state index contributed by atoms with van der Waals surface area (Å²) in [5.74, 6) is -4.23. The minimum absolute atomic E-state index is 0.00538. The van der Waals surface area contributed by atoms with Crippen LogP contribution in [0.15, 0.2) is 77.7 Å². The van der Waals surface area contributed by atoms with Gasteiger partial charge in [-0.15, -0.1) is 0 Å². The second-order valence-corrected chi connectivity index (χ2v) is 13.3. The molecule has 0 radical (unpaired) electrons. The average Bonchev–Trinajstić information content (AvgIpc) is 3.01. The number of carboxylic acid groups (broad SMARTS) is 1. The largest absolute Gasteiger partial charge is 0.481 e. The van der Waals surface area contributed by atoms with Crippen LogP contribution in [-0.4, -0.2) is 63.0 Å². The molecular weight excluding hydrogens is 594 g/mol. The van der Waals surface area contributed by atoms with Gasteiger partial charge in [0.15, 0.2) is 21.4 Å². The molecule has 0 bridgehead atoms. The van der Waals surface area contributed by atoms with E-state index in [4.69, 9.17) is 9.84 Å². The normalized spacial score (nSPS) is 12.7. The van der Waals surface area contributed by atoms with Crippen molar-refractivity contribution in [1.82, 2.24) is 5.32 Å². The fourth-order valence-electron chi connectivity index (χ4n) is 4.93. The van der Waals surface area contributed by atoms with Crippen molar-refractivity contribution in [2.24, 2.45) is 11.8 Å². The van der Waals surface area contributed by atoms with E-state index in [2.05, 4.69) is 5.32 Å². The Balaban J connectivity index is 1.78. The van der Waals surface area contributed by atoms with Crippen LogP contribution in [0.2, 0.25) is 0 Å². The van der Waals surface area contributed by atoms with Crippen molar-refractivity contribution in [3.05, 3.63) is 101 Å². The highest BCUT2D eigenvalue weighted by Gasteiger charge is 2.28. The van der Waals surface area contributed by atoms with Crippen molar-refractivity contribution < 1.29 is 37.4 Å². The Morgan fingerprint density at radius 1 is 0.800 bits per heavy atom. The summed E-state index contributed by atoms with van der Waals surface area (Å²) in [6.07, 6.45) is 0.360. The quantitative estimate of drug-likeness (QED) is 0.146. The minimum Gasteiger partial charge on any atom is -0.481 e. The lowest BCUT2D eigenvalue weighted by molar-refractivity contribution is -0.137. The fraction of sp³-hybridized carbons (Fsp3) is 0.371. The minimum atomic E-state index is -3.77. The van der Waals surface area contributed by atoms with E-state index < -0.39 is 33.5 Å². The molecule has 0 aromatic heterocycles. The van der Waals surface area contributed by atoms with E-state index >= 15 is 0 Å². The Morgan fingerprint density at radius 2 is 1.38 bits per heavy atom. The van der Waals surface area contributed by atoms with Gasteiger partial charge in [0, 0.05) is 49.5 Å². The third-order valence-corrected chi connectivity index (χ3v) is 9.51. The van der Waals surface area contributed by atoms with Crippen molar-refractivity contribution in [1.29, 1.82) is 0 Å². The van der Waals surface area contributed by atoms with Crippen LogP contribution in [-0.2, 0) is 30.6 Å². The predicted octanol–water partition coefficient (Wildman–Crippen LogP) is 5.03. The number of carbonyl (C=O) groups is 4. The monoisotopic (exact) mass is 635 g/mol. The molecule has 1 unspecified atom stereocenters. The maximum atomic E-state index is 13.7. The number of aryl methyl sites for hydroxylation is 3. The first-order valence-electron chi connectivity index (χ1n) is 14.9. The summed E-state index contributed by atoms with van der Waals surface area (Å²) < 4.78 is 31.6. The van der Waals surface area contributed by atoms with E-state index in [9.17, 15) is 27.6 Å². The first-order chi connectivity index (χ1) is 21.4. The molecule has 2 atom stereocenters. The smallest absolute Gasteiger partial charge is 0.303 e. The van der Waals surface area contributed by atoms with Gasteiger partial charge in [0.25, 0.3) is 0 Å². The van der Waals surface area contributed by atoms with Gasteiger partial charge in [-0.25, -0.2) is 8.42 Å². The Labute approximate surface area is 264 Å². The van der Waals surface area contributed by atoms with Crippen molar-refractivity contribution in [2.45, 2.75) is 50.8 Å². The van der Waals surface area contributed by atoms with E-state index in [-0.39, 0.29) is 65.8 Å². The van der Waals surface area contributed by atoms with E-state index in [1.165, 1.54) is 31.4 Å². The molecule has 9 nitrogen and oxygen atoms in total. The Hall–Kier alpha value is -4.15. The molecule has 0 heterocycles. The molecule has 0 spiro atoms. The van der Waals surface area contributed by atoms with Crippen molar-refractivity contribution in [3.8, 4) is 0 Å². The first kappa shape index (κ1) is 35.3. The van der Waals surface area contributed by atoms with Gasteiger partial charge in [-0.1, -0.05) is 71.8 Å². The lowest BCUT2D eigenvalue weighted by Crippen LogP contribution is -2.34. The van der Waals surface area contributed by atoms with E-state index in [1.807, 2.05) is 38.1 Å². The van der Waals surface area contributed by atoms with Gasteiger partial charge < -0.3 is 15.2 Å². The van der Waals surface area contributed by atoms with Gasteiger partial charge in [-0.3, -0.25) is 19.2 Å². The number of ether oxygens (including phenoxy) is 1. The molecular formula is C35H41NO8S. The Bertz CT molecular complexity index is 1560. The summed E-state index contributed by atoms with van der Waals surface area (Å²) in [5, 5.41) is 11.7. The molecule has 1 amide bonds. The molecule has 3 rings (SSSR count). The zero-order valence-corrected chi connectivity index (χ0v) is 26.8. The molecule has 10 heteroatoms. The molecule has 0 fully saturated rings. The van der Waals surface area contributed by atoms with E-state index in [1.54, 1.807) is 24.3 Å². The van der Waals surface area contributed by atoms with Crippen LogP contribution in [0.5, 0.6) is 0 Å². The second kappa shape index (κ2) is 16.8. The number of carboxylic acids is 1. The number of aliphatic carboxylic acids is 1. The van der Waals surface area contributed by atoms with Gasteiger partial charge in [-0.2, -0.15) is 0 Å². The lowest BCUT2D eigenvalue weighted by Gasteiger charge is -2.17. The first-order valence-corrected chi connectivity index (χ1v) is 16.6. The van der Waals surface area contributed by atoms with Gasteiger partial charge >= 0.3 is 5.97 Å². The van der Waals surface area contributed by atoms with Crippen LogP contribution in [0.1, 0.15) is 63.1 Å². The van der Waals surface area contributed by atoms with Crippen LogP contribution in [0.3, 0.4) is 0 Å². The number of Topliss-reactive ketones (excluding diaryl/α,β-unsaturated/α-hetero) is 2. The predicted molar refractivity (Wildman–Crippen MR) is 171 cm³/mol. The van der Waals surface area contributed by atoms with Crippen LogP contribution in [0.4, 0.5) is 0 Å². The van der Waals surface area contributed by atoms with Gasteiger partial charge in [-0.05, 0) is 50.8 Å². The topological polar surface area (TPSA) is 144 Å². The van der Waals surface area contributed by atoms with Crippen LogP contribution in [0, 0.1) is 25.7 Å². The molecule has 3 aromatic rings.